The van der Waals surface area contributed by atoms with E-state index in [2.05, 4.69) is 5.32 Å². The molecule has 1 amide bonds. The van der Waals surface area contributed by atoms with Gasteiger partial charge in [-0.15, -0.1) is 0 Å². The van der Waals surface area contributed by atoms with E-state index in [1.54, 1.807) is 36.4 Å². The van der Waals surface area contributed by atoms with Gasteiger partial charge < -0.3 is 19.5 Å². The highest BCUT2D eigenvalue weighted by molar-refractivity contribution is 6.32. The van der Waals surface area contributed by atoms with Crippen LogP contribution >= 0.6 is 11.6 Å². The van der Waals surface area contributed by atoms with Gasteiger partial charge >= 0.3 is 0 Å². The maximum Gasteiger partial charge on any atom is 0.255 e. The topological polar surface area (TPSA) is 56.8 Å². The van der Waals surface area contributed by atoms with Gasteiger partial charge in [0.1, 0.15) is 12.4 Å². The fraction of sp³-hybridized carbons (Fsp3) is 0.174. The van der Waals surface area contributed by atoms with Crippen molar-refractivity contribution >= 4 is 23.2 Å². The summed E-state index contributed by atoms with van der Waals surface area (Å²) in [4.78, 5) is 12.7. The van der Waals surface area contributed by atoms with Crippen LogP contribution in [0.4, 0.5) is 5.69 Å². The first-order valence-electron chi connectivity index (χ1n) is 9.19. The van der Waals surface area contributed by atoms with Crippen molar-refractivity contribution in [1.29, 1.82) is 0 Å². The van der Waals surface area contributed by atoms with Crippen LogP contribution in [-0.4, -0.2) is 19.6 Å². The lowest BCUT2D eigenvalue weighted by molar-refractivity contribution is 0.102. The molecule has 0 unspecified atom stereocenters. The monoisotopic (exact) mass is 411 g/mol. The number of halogens is 1. The molecule has 0 atom stereocenters. The van der Waals surface area contributed by atoms with Gasteiger partial charge in [0, 0.05) is 11.3 Å². The number of carbonyl (C=O) groups excluding carboxylic acids is 1. The van der Waals surface area contributed by atoms with E-state index in [1.165, 1.54) is 7.11 Å². The molecule has 0 radical (unpaired) electrons. The molecule has 0 aliphatic heterocycles. The molecule has 0 bridgehead atoms. The van der Waals surface area contributed by atoms with Crippen LogP contribution in [0, 0.1) is 0 Å². The maximum atomic E-state index is 12.7. The Morgan fingerprint density at radius 2 is 1.72 bits per heavy atom. The van der Waals surface area contributed by atoms with Crippen LogP contribution in [0.2, 0.25) is 5.02 Å². The Hall–Kier alpha value is -3.18. The summed E-state index contributed by atoms with van der Waals surface area (Å²) in [7, 11) is 1.51. The molecule has 3 aromatic rings. The summed E-state index contributed by atoms with van der Waals surface area (Å²) in [6, 6.07) is 20.1. The van der Waals surface area contributed by atoms with Crippen LogP contribution in [0.1, 0.15) is 22.8 Å². The molecule has 0 aromatic heterocycles. The number of benzene rings is 3. The molecule has 0 saturated carbocycles. The van der Waals surface area contributed by atoms with Gasteiger partial charge in [0.05, 0.1) is 18.7 Å². The maximum absolute atomic E-state index is 12.7. The van der Waals surface area contributed by atoms with Gasteiger partial charge in [0.15, 0.2) is 11.5 Å². The van der Waals surface area contributed by atoms with Gasteiger partial charge in [-0.3, -0.25) is 4.79 Å². The molecule has 3 rings (SSSR count). The second-order valence-electron chi connectivity index (χ2n) is 6.18. The van der Waals surface area contributed by atoms with Crippen molar-refractivity contribution in [3.63, 3.8) is 0 Å². The third kappa shape index (κ3) is 5.42. The summed E-state index contributed by atoms with van der Waals surface area (Å²) < 4.78 is 16.6. The quantitative estimate of drug-likeness (QED) is 0.525. The fourth-order valence-corrected chi connectivity index (χ4v) is 3.03. The third-order valence-corrected chi connectivity index (χ3v) is 4.42. The van der Waals surface area contributed by atoms with Crippen molar-refractivity contribution in [2.75, 3.05) is 19.0 Å². The van der Waals surface area contributed by atoms with Crippen molar-refractivity contribution in [3.05, 3.63) is 82.9 Å². The predicted molar refractivity (Wildman–Crippen MR) is 114 cm³/mol. The molecule has 0 spiro atoms. The highest BCUT2D eigenvalue weighted by Crippen LogP contribution is 2.37. The van der Waals surface area contributed by atoms with E-state index in [0.717, 1.165) is 11.3 Å². The molecule has 0 fully saturated rings. The first kappa shape index (κ1) is 20.6. The molecule has 0 heterocycles. The summed E-state index contributed by atoms with van der Waals surface area (Å²) in [6.07, 6.45) is 0. The number of amides is 1. The zero-order valence-electron chi connectivity index (χ0n) is 16.3. The highest BCUT2D eigenvalue weighted by Gasteiger charge is 2.16. The van der Waals surface area contributed by atoms with Gasteiger partial charge in [0.25, 0.3) is 5.91 Å². The molecular formula is C23H22ClNO4. The molecule has 1 N–H and O–H groups in total. The summed E-state index contributed by atoms with van der Waals surface area (Å²) in [5, 5.41) is 3.14. The Balaban J connectivity index is 1.77. The van der Waals surface area contributed by atoms with Crippen LogP contribution in [0.5, 0.6) is 17.2 Å². The lowest BCUT2D eigenvalue weighted by atomic mass is 10.1. The van der Waals surface area contributed by atoms with E-state index in [4.69, 9.17) is 25.8 Å². The molecule has 3 aromatic carbocycles. The molecule has 150 valence electrons. The highest BCUT2D eigenvalue weighted by atomic mass is 35.5. The van der Waals surface area contributed by atoms with Gasteiger partial charge in [-0.05, 0) is 48.9 Å². The van der Waals surface area contributed by atoms with E-state index < -0.39 is 0 Å². The summed E-state index contributed by atoms with van der Waals surface area (Å²) in [5.74, 6) is 1.23. The molecule has 0 aliphatic rings. The van der Waals surface area contributed by atoms with E-state index in [0.29, 0.717) is 41.0 Å². The van der Waals surface area contributed by atoms with Crippen molar-refractivity contribution in [3.8, 4) is 17.2 Å². The average molecular weight is 412 g/mol. The first-order chi connectivity index (χ1) is 14.1. The Morgan fingerprint density at radius 1 is 1.00 bits per heavy atom. The zero-order valence-corrected chi connectivity index (χ0v) is 17.0. The minimum atomic E-state index is -0.303. The Labute approximate surface area is 175 Å². The van der Waals surface area contributed by atoms with Gasteiger partial charge in [-0.2, -0.15) is 0 Å². The van der Waals surface area contributed by atoms with E-state index in [-0.39, 0.29) is 5.91 Å². The number of nitrogens with one attached hydrogen (secondary N) is 1. The number of methoxy groups -OCH3 is 1. The van der Waals surface area contributed by atoms with Crippen LogP contribution in [0.15, 0.2) is 66.7 Å². The fourth-order valence-electron chi connectivity index (χ4n) is 2.74. The SMILES string of the molecule is CCOc1ccc(NC(=O)c2cc(Cl)c(OC)c(OCc3ccccc3)c2)cc1. The van der Waals surface area contributed by atoms with Crippen LogP contribution in [0.3, 0.4) is 0 Å². The lowest BCUT2D eigenvalue weighted by Crippen LogP contribution is -2.12. The average Bonchev–Trinajstić information content (AvgIpc) is 2.74. The lowest BCUT2D eigenvalue weighted by Gasteiger charge is -2.14. The second-order valence-corrected chi connectivity index (χ2v) is 6.58. The standard InChI is InChI=1S/C23H22ClNO4/c1-3-28-19-11-9-18(10-12-19)25-23(26)17-13-20(24)22(27-2)21(14-17)29-15-16-7-5-4-6-8-16/h4-14H,3,15H2,1-2H3,(H,25,26). The number of ether oxygens (including phenoxy) is 3. The summed E-state index contributed by atoms with van der Waals surface area (Å²) in [5.41, 5.74) is 2.01. The molecule has 6 heteroatoms. The molecule has 29 heavy (non-hydrogen) atoms. The Bertz CT molecular complexity index is 959. The summed E-state index contributed by atoms with van der Waals surface area (Å²) in [6.45, 7) is 2.83. The second kappa shape index (κ2) is 9.85. The first-order valence-corrected chi connectivity index (χ1v) is 9.57. The van der Waals surface area contributed by atoms with Crippen molar-refractivity contribution in [2.24, 2.45) is 0 Å². The van der Waals surface area contributed by atoms with E-state index >= 15 is 0 Å². The van der Waals surface area contributed by atoms with Gasteiger partial charge in [0.2, 0.25) is 0 Å². The Morgan fingerprint density at radius 3 is 2.38 bits per heavy atom. The molecule has 0 aliphatic carbocycles. The number of rotatable bonds is 8. The van der Waals surface area contributed by atoms with Crippen molar-refractivity contribution in [2.45, 2.75) is 13.5 Å². The molecule has 0 saturated heterocycles. The normalized spacial score (nSPS) is 10.3. The van der Waals surface area contributed by atoms with Crippen LogP contribution in [0.25, 0.3) is 0 Å². The van der Waals surface area contributed by atoms with E-state index in [1.807, 2.05) is 37.3 Å². The van der Waals surface area contributed by atoms with Gasteiger partial charge in [-0.1, -0.05) is 41.9 Å². The number of hydrogen-bond donors (Lipinski definition) is 1. The minimum absolute atomic E-state index is 0.301. The zero-order chi connectivity index (χ0) is 20.6. The number of anilines is 1. The minimum Gasteiger partial charge on any atom is -0.494 e. The van der Waals surface area contributed by atoms with Crippen LogP contribution < -0.4 is 19.5 Å². The van der Waals surface area contributed by atoms with E-state index in [9.17, 15) is 4.79 Å². The van der Waals surface area contributed by atoms with Gasteiger partial charge in [-0.25, -0.2) is 0 Å². The van der Waals surface area contributed by atoms with Crippen molar-refractivity contribution in [1.82, 2.24) is 0 Å². The Kier molecular flexibility index (Phi) is 6.98. The molecular weight excluding hydrogens is 390 g/mol. The van der Waals surface area contributed by atoms with Crippen LogP contribution in [-0.2, 0) is 6.61 Å². The molecule has 5 nitrogen and oxygen atoms in total. The largest absolute Gasteiger partial charge is 0.494 e. The van der Waals surface area contributed by atoms with Crippen molar-refractivity contribution < 1.29 is 19.0 Å². The number of hydrogen-bond acceptors (Lipinski definition) is 4. The predicted octanol–water partition coefficient (Wildman–Crippen LogP) is 5.58. The third-order valence-electron chi connectivity index (χ3n) is 4.14. The smallest absolute Gasteiger partial charge is 0.255 e. The number of carbonyl (C=O) groups is 1. The summed E-state index contributed by atoms with van der Waals surface area (Å²) >= 11 is 6.32.